The minimum atomic E-state index is -0.771. The first-order chi connectivity index (χ1) is 13.9. The van der Waals surface area contributed by atoms with Crippen LogP contribution in [0, 0.1) is 0 Å². The van der Waals surface area contributed by atoms with Crippen molar-refractivity contribution in [1.82, 2.24) is 15.3 Å². The zero-order valence-electron chi connectivity index (χ0n) is 16.4. The molecule has 3 amide bonds. The van der Waals surface area contributed by atoms with Gasteiger partial charge in [-0.3, -0.25) is 15.0 Å². The molecule has 0 radical (unpaired) electrons. The number of nitrogens with one attached hydrogen (secondary N) is 2. The van der Waals surface area contributed by atoms with Gasteiger partial charge in [0.15, 0.2) is 5.82 Å². The first-order valence-electron chi connectivity index (χ1n) is 9.58. The molecule has 2 aromatic heterocycles. The third kappa shape index (κ3) is 3.73. The van der Waals surface area contributed by atoms with E-state index in [0.29, 0.717) is 11.6 Å². The highest BCUT2D eigenvalue weighted by atomic mass is 16.3. The number of anilines is 3. The topological polar surface area (TPSA) is 111 Å². The number of aliphatic hydroxyl groups is 1. The highest BCUT2D eigenvalue weighted by Gasteiger charge is 2.40. The van der Waals surface area contributed by atoms with E-state index in [4.69, 9.17) is 0 Å². The molecule has 1 saturated heterocycles. The molecule has 152 valence electrons. The van der Waals surface area contributed by atoms with Crippen molar-refractivity contribution in [2.75, 3.05) is 34.8 Å². The quantitative estimate of drug-likeness (QED) is 0.724. The van der Waals surface area contributed by atoms with Crippen molar-refractivity contribution in [3.8, 4) is 0 Å². The van der Waals surface area contributed by atoms with Gasteiger partial charge in [0, 0.05) is 19.3 Å². The number of aromatic nitrogens is 2. The maximum atomic E-state index is 13.1. The Labute approximate surface area is 168 Å². The number of carbonyl (C=O) groups is 2. The van der Waals surface area contributed by atoms with Gasteiger partial charge in [-0.2, -0.15) is 0 Å². The van der Waals surface area contributed by atoms with E-state index in [2.05, 4.69) is 25.5 Å². The average Bonchev–Trinajstić information content (AvgIpc) is 3.12. The minimum Gasteiger partial charge on any atom is -0.394 e. The smallest absolute Gasteiger partial charge is 0.329 e. The summed E-state index contributed by atoms with van der Waals surface area (Å²) >= 11 is 0. The summed E-state index contributed by atoms with van der Waals surface area (Å²) in [6.45, 7) is 4.81. The van der Waals surface area contributed by atoms with Crippen LogP contribution in [0.2, 0.25) is 0 Å². The van der Waals surface area contributed by atoms with E-state index in [0.717, 1.165) is 25.2 Å². The second-order valence-corrected chi connectivity index (χ2v) is 7.94. The van der Waals surface area contributed by atoms with Crippen molar-refractivity contribution < 1.29 is 14.7 Å². The molecule has 2 aromatic rings. The molecule has 0 aromatic carbocycles. The van der Waals surface area contributed by atoms with Gasteiger partial charge in [-0.15, -0.1) is 0 Å². The van der Waals surface area contributed by atoms with Crippen LogP contribution in [0.3, 0.4) is 0 Å². The van der Waals surface area contributed by atoms with Gasteiger partial charge in [0.2, 0.25) is 0 Å². The molecule has 0 unspecified atom stereocenters. The number of pyridine rings is 2. The predicted octanol–water partition coefficient (Wildman–Crippen LogP) is 1.61. The number of nitrogens with zero attached hydrogens (tertiary/aromatic N) is 4. The van der Waals surface area contributed by atoms with Crippen LogP contribution in [-0.4, -0.2) is 58.3 Å². The lowest BCUT2D eigenvalue weighted by atomic mass is 10.1. The van der Waals surface area contributed by atoms with Gasteiger partial charge < -0.3 is 15.3 Å². The van der Waals surface area contributed by atoms with E-state index in [-0.39, 0.29) is 24.4 Å². The molecule has 0 aliphatic carbocycles. The summed E-state index contributed by atoms with van der Waals surface area (Å²) in [7, 11) is 0. The molecular weight excluding hydrogens is 372 g/mol. The maximum Gasteiger partial charge on any atom is 0.329 e. The summed E-state index contributed by atoms with van der Waals surface area (Å²) in [5.74, 6) is 0.518. The first-order valence-corrected chi connectivity index (χ1v) is 9.58. The van der Waals surface area contributed by atoms with Crippen molar-refractivity contribution in [2.45, 2.75) is 31.8 Å². The summed E-state index contributed by atoms with van der Waals surface area (Å²) in [5.41, 5.74) is 0.254. The van der Waals surface area contributed by atoms with E-state index in [1.54, 1.807) is 49.2 Å². The Balaban J connectivity index is 1.65. The summed E-state index contributed by atoms with van der Waals surface area (Å²) in [6.07, 6.45) is 2.44. The van der Waals surface area contributed by atoms with Crippen LogP contribution in [0.25, 0.3) is 0 Å². The maximum absolute atomic E-state index is 13.1. The minimum absolute atomic E-state index is 0.0223. The van der Waals surface area contributed by atoms with Gasteiger partial charge in [0.25, 0.3) is 5.91 Å². The standard InChI is InChI=1S/C20H24N6O3/c1-20(2,12-27)24-18(28)14-6-7-15-17(22-14)26(13-8-10-25(15)11-13)19(29)23-16-5-3-4-9-21-16/h3-7,9,13,27H,8,10-12H2,1-2H3,(H,24,28)(H,21,23,29)/t13-/m0/s1. The average molecular weight is 396 g/mol. The molecule has 9 heteroatoms. The third-order valence-electron chi connectivity index (χ3n) is 5.15. The van der Waals surface area contributed by atoms with Crippen LogP contribution in [0.1, 0.15) is 30.8 Å². The van der Waals surface area contributed by atoms with Crippen LogP contribution in [0.4, 0.5) is 22.1 Å². The molecule has 0 spiro atoms. The number of carbonyl (C=O) groups excluding carboxylic acids is 2. The van der Waals surface area contributed by atoms with Gasteiger partial charge in [-0.1, -0.05) is 6.07 Å². The number of hydrogen-bond acceptors (Lipinski definition) is 6. The monoisotopic (exact) mass is 396 g/mol. The third-order valence-corrected chi connectivity index (χ3v) is 5.15. The van der Waals surface area contributed by atoms with Crippen LogP contribution in [-0.2, 0) is 0 Å². The molecule has 9 nitrogen and oxygen atoms in total. The highest BCUT2D eigenvalue weighted by Crippen LogP contribution is 2.39. The van der Waals surface area contributed by atoms with Gasteiger partial charge in [0.1, 0.15) is 11.5 Å². The Morgan fingerprint density at radius 1 is 1.28 bits per heavy atom. The van der Waals surface area contributed by atoms with Crippen molar-refractivity contribution in [3.63, 3.8) is 0 Å². The van der Waals surface area contributed by atoms with E-state index in [9.17, 15) is 14.7 Å². The fourth-order valence-electron chi connectivity index (χ4n) is 3.62. The second-order valence-electron chi connectivity index (χ2n) is 7.94. The van der Waals surface area contributed by atoms with Crippen LogP contribution >= 0.6 is 0 Å². The number of hydrogen-bond donors (Lipinski definition) is 3. The lowest BCUT2D eigenvalue weighted by Gasteiger charge is -2.35. The van der Waals surface area contributed by atoms with Crippen molar-refractivity contribution in [3.05, 3.63) is 42.2 Å². The predicted molar refractivity (Wildman–Crippen MR) is 109 cm³/mol. The Morgan fingerprint density at radius 2 is 2.10 bits per heavy atom. The normalized spacial score (nSPS) is 17.7. The number of rotatable bonds is 4. The first kappa shape index (κ1) is 19.1. The second kappa shape index (κ2) is 7.32. The Bertz CT molecular complexity index is 933. The van der Waals surface area contributed by atoms with E-state index >= 15 is 0 Å². The Morgan fingerprint density at radius 3 is 2.83 bits per heavy atom. The van der Waals surface area contributed by atoms with E-state index < -0.39 is 11.4 Å². The molecule has 1 atom stereocenters. The molecule has 0 saturated carbocycles. The van der Waals surface area contributed by atoms with Crippen LogP contribution < -0.4 is 20.4 Å². The molecule has 4 heterocycles. The summed E-state index contributed by atoms with van der Waals surface area (Å²) in [6, 6.07) is 8.43. The van der Waals surface area contributed by atoms with Gasteiger partial charge in [0.05, 0.1) is 23.9 Å². The Hall–Kier alpha value is -3.20. The van der Waals surface area contributed by atoms with E-state index in [1.165, 1.54) is 0 Å². The molecule has 4 rings (SSSR count). The lowest BCUT2D eigenvalue weighted by molar-refractivity contribution is 0.0864. The molecule has 2 aliphatic heterocycles. The van der Waals surface area contributed by atoms with Crippen molar-refractivity contribution in [1.29, 1.82) is 0 Å². The summed E-state index contributed by atoms with van der Waals surface area (Å²) in [4.78, 5) is 38.2. The zero-order valence-corrected chi connectivity index (χ0v) is 16.4. The fraction of sp³-hybridized carbons (Fsp3) is 0.400. The van der Waals surface area contributed by atoms with Gasteiger partial charge in [-0.25, -0.2) is 14.8 Å². The highest BCUT2D eigenvalue weighted by molar-refractivity contribution is 6.05. The number of fused-ring (bicyclic) bond motifs is 4. The Kier molecular flexibility index (Phi) is 4.83. The largest absolute Gasteiger partial charge is 0.394 e. The van der Waals surface area contributed by atoms with Crippen molar-refractivity contribution >= 4 is 29.3 Å². The molecule has 1 fully saturated rings. The number of amides is 3. The zero-order chi connectivity index (χ0) is 20.6. The summed E-state index contributed by atoms with van der Waals surface area (Å²) < 4.78 is 0. The molecule has 2 aliphatic rings. The van der Waals surface area contributed by atoms with E-state index in [1.807, 2.05) is 6.07 Å². The van der Waals surface area contributed by atoms with Crippen LogP contribution in [0.15, 0.2) is 36.5 Å². The molecular formula is C20H24N6O3. The van der Waals surface area contributed by atoms with Gasteiger partial charge >= 0.3 is 6.03 Å². The van der Waals surface area contributed by atoms with Crippen molar-refractivity contribution in [2.24, 2.45) is 0 Å². The van der Waals surface area contributed by atoms with Gasteiger partial charge in [-0.05, 0) is 44.5 Å². The molecule has 3 N–H and O–H groups in total. The number of urea groups is 1. The lowest BCUT2D eigenvalue weighted by Crippen LogP contribution is -2.49. The summed E-state index contributed by atoms with van der Waals surface area (Å²) in [5, 5.41) is 15.0. The SMILES string of the molecule is CC(C)(CO)NC(=O)c1ccc2c(n1)N(C(=O)Nc1ccccn1)[C@H]1CCN2C1. The number of aliphatic hydroxyl groups excluding tert-OH is 1. The fourth-order valence-corrected chi connectivity index (χ4v) is 3.62. The van der Waals surface area contributed by atoms with Crippen LogP contribution in [0.5, 0.6) is 0 Å². The molecule has 2 bridgehead atoms. The molecule has 29 heavy (non-hydrogen) atoms.